The van der Waals surface area contributed by atoms with E-state index in [4.69, 9.17) is 0 Å². The van der Waals surface area contributed by atoms with Crippen LogP contribution in [-0.2, 0) is 0 Å². The van der Waals surface area contributed by atoms with E-state index in [-0.39, 0.29) is 12.5 Å². The maximum Gasteiger partial charge on any atom is 0.272 e. The van der Waals surface area contributed by atoms with Crippen LogP contribution >= 0.6 is 0 Å². The van der Waals surface area contributed by atoms with E-state index in [9.17, 15) is 9.90 Å². The lowest BCUT2D eigenvalue weighted by Crippen LogP contribution is -2.31. The molecule has 0 saturated carbocycles. The normalized spacial score (nSPS) is 18.4. The Labute approximate surface area is 120 Å². The Morgan fingerprint density at radius 2 is 2.25 bits per heavy atom. The Kier molecular flexibility index (Phi) is 4.95. The number of amides is 1. The average molecular weight is 277 g/mol. The summed E-state index contributed by atoms with van der Waals surface area (Å²) in [6.45, 7) is 7.32. The van der Waals surface area contributed by atoms with Gasteiger partial charge < -0.3 is 14.9 Å². The molecule has 0 radical (unpaired) electrons. The summed E-state index contributed by atoms with van der Waals surface area (Å²) in [6.07, 6.45) is 2.69. The van der Waals surface area contributed by atoms with Crippen molar-refractivity contribution in [1.82, 2.24) is 9.88 Å². The number of hydrogen-bond donors (Lipinski definition) is 1. The molecule has 0 aliphatic carbocycles. The number of nitrogens with zero attached hydrogens (tertiary/aromatic N) is 3. The average Bonchev–Trinajstić information content (AvgIpc) is 2.97. The molecule has 1 amide bonds. The third-order valence-electron chi connectivity index (χ3n) is 3.92. The molecule has 1 aliphatic rings. The zero-order chi connectivity index (χ0) is 14.5. The van der Waals surface area contributed by atoms with Gasteiger partial charge in [0, 0.05) is 50.6 Å². The third kappa shape index (κ3) is 3.10. The summed E-state index contributed by atoms with van der Waals surface area (Å²) in [7, 11) is 0. The van der Waals surface area contributed by atoms with Crippen LogP contribution in [0.2, 0.25) is 0 Å². The van der Waals surface area contributed by atoms with Gasteiger partial charge in [0.05, 0.1) is 0 Å². The van der Waals surface area contributed by atoms with Gasteiger partial charge in [-0.15, -0.1) is 0 Å². The Balaban J connectivity index is 2.14. The minimum atomic E-state index is -0.0187. The Bertz CT molecular complexity index is 460. The van der Waals surface area contributed by atoms with Gasteiger partial charge >= 0.3 is 0 Å². The van der Waals surface area contributed by atoms with Crippen LogP contribution in [-0.4, -0.2) is 53.7 Å². The number of anilines is 1. The van der Waals surface area contributed by atoms with E-state index >= 15 is 0 Å². The number of hydrogen-bond acceptors (Lipinski definition) is 4. The molecular weight excluding hydrogens is 254 g/mol. The summed E-state index contributed by atoms with van der Waals surface area (Å²) in [5.41, 5.74) is 1.52. The van der Waals surface area contributed by atoms with Crippen molar-refractivity contribution in [3.05, 3.63) is 24.0 Å². The van der Waals surface area contributed by atoms with Crippen LogP contribution in [0.4, 0.5) is 5.69 Å². The lowest BCUT2D eigenvalue weighted by atomic mass is 10.1. The van der Waals surface area contributed by atoms with Crippen LogP contribution in [0.3, 0.4) is 0 Å². The molecule has 5 nitrogen and oxygen atoms in total. The van der Waals surface area contributed by atoms with Crippen LogP contribution in [0, 0.1) is 5.92 Å². The number of aliphatic hydroxyl groups is 1. The minimum absolute atomic E-state index is 0.0187. The van der Waals surface area contributed by atoms with Gasteiger partial charge in [0.25, 0.3) is 5.91 Å². The third-order valence-corrected chi connectivity index (χ3v) is 3.92. The van der Waals surface area contributed by atoms with Gasteiger partial charge in [-0.05, 0) is 32.4 Å². The van der Waals surface area contributed by atoms with Crippen LogP contribution in [0.5, 0.6) is 0 Å². The molecule has 20 heavy (non-hydrogen) atoms. The SMILES string of the molecule is CCN(CC)C(=O)c1cc(N2CCC(CO)C2)ccn1. The molecule has 1 fully saturated rings. The summed E-state index contributed by atoms with van der Waals surface area (Å²) in [4.78, 5) is 20.5. The summed E-state index contributed by atoms with van der Waals surface area (Å²) >= 11 is 0. The van der Waals surface area contributed by atoms with E-state index in [0.29, 0.717) is 24.7 Å². The monoisotopic (exact) mass is 277 g/mol. The Morgan fingerprint density at radius 1 is 1.50 bits per heavy atom. The second kappa shape index (κ2) is 6.70. The quantitative estimate of drug-likeness (QED) is 0.883. The van der Waals surface area contributed by atoms with E-state index in [1.807, 2.05) is 26.0 Å². The zero-order valence-corrected chi connectivity index (χ0v) is 12.2. The molecule has 2 heterocycles. The predicted octanol–water partition coefficient (Wildman–Crippen LogP) is 1.38. The van der Waals surface area contributed by atoms with Crippen molar-refractivity contribution in [2.45, 2.75) is 20.3 Å². The highest BCUT2D eigenvalue weighted by molar-refractivity contribution is 5.93. The van der Waals surface area contributed by atoms with Gasteiger partial charge in [-0.25, -0.2) is 0 Å². The van der Waals surface area contributed by atoms with Gasteiger partial charge in [-0.2, -0.15) is 0 Å². The number of aromatic nitrogens is 1. The number of aliphatic hydroxyl groups excluding tert-OH is 1. The van der Waals surface area contributed by atoms with Crippen molar-refractivity contribution in [1.29, 1.82) is 0 Å². The van der Waals surface area contributed by atoms with Crippen LogP contribution in [0.1, 0.15) is 30.8 Å². The number of rotatable bonds is 5. The van der Waals surface area contributed by atoms with E-state index < -0.39 is 0 Å². The maximum atomic E-state index is 12.3. The summed E-state index contributed by atoms with van der Waals surface area (Å²) in [6, 6.07) is 3.79. The zero-order valence-electron chi connectivity index (χ0n) is 12.2. The number of pyridine rings is 1. The van der Waals surface area contributed by atoms with Crippen molar-refractivity contribution in [3.63, 3.8) is 0 Å². The molecule has 5 heteroatoms. The van der Waals surface area contributed by atoms with E-state index in [1.165, 1.54) is 0 Å². The van der Waals surface area contributed by atoms with Gasteiger partial charge in [0.2, 0.25) is 0 Å². The second-order valence-corrected chi connectivity index (χ2v) is 5.16. The Hall–Kier alpha value is -1.62. The highest BCUT2D eigenvalue weighted by Crippen LogP contribution is 2.23. The van der Waals surface area contributed by atoms with E-state index in [0.717, 1.165) is 25.2 Å². The summed E-state index contributed by atoms with van der Waals surface area (Å²) in [5.74, 6) is 0.319. The standard InChI is InChI=1S/C15H23N3O2/c1-3-17(4-2)15(20)14-9-13(5-7-16-14)18-8-6-12(10-18)11-19/h5,7,9,12,19H,3-4,6,8,10-11H2,1-2H3. The lowest BCUT2D eigenvalue weighted by molar-refractivity contribution is 0.0767. The molecule has 1 atom stereocenters. The van der Waals surface area contributed by atoms with Gasteiger partial charge in [-0.3, -0.25) is 9.78 Å². The van der Waals surface area contributed by atoms with Crippen molar-refractivity contribution in [2.24, 2.45) is 5.92 Å². The fourth-order valence-electron chi connectivity index (χ4n) is 2.62. The maximum absolute atomic E-state index is 12.3. The first-order valence-corrected chi connectivity index (χ1v) is 7.30. The smallest absolute Gasteiger partial charge is 0.272 e. The molecule has 1 N–H and O–H groups in total. The first kappa shape index (κ1) is 14.8. The molecule has 0 bridgehead atoms. The van der Waals surface area contributed by atoms with Crippen molar-refractivity contribution < 1.29 is 9.90 Å². The fraction of sp³-hybridized carbons (Fsp3) is 0.600. The Morgan fingerprint density at radius 3 is 2.85 bits per heavy atom. The first-order valence-electron chi connectivity index (χ1n) is 7.30. The first-order chi connectivity index (χ1) is 9.69. The van der Waals surface area contributed by atoms with Crippen molar-refractivity contribution in [3.8, 4) is 0 Å². The largest absolute Gasteiger partial charge is 0.396 e. The molecular formula is C15H23N3O2. The van der Waals surface area contributed by atoms with Crippen LogP contribution in [0.15, 0.2) is 18.3 Å². The van der Waals surface area contributed by atoms with Gasteiger partial charge in [0.1, 0.15) is 5.69 Å². The molecule has 0 aromatic carbocycles. The van der Waals surface area contributed by atoms with Crippen LogP contribution in [0.25, 0.3) is 0 Å². The summed E-state index contributed by atoms with van der Waals surface area (Å²) in [5, 5.41) is 9.21. The highest BCUT2D eigenvalue weighted by atomic mass is 16.3. The van der Waals surface area contributed by atoms with Crippen molar-refractivity contribution >= 4 is 11.6 Å². The molecule has 1 aromatic heterocycles. The predicted molar refractivity (Wildman–Crippen MR) is 78.9 cm³/mol. The minimum Gasteiger partial charge on any atom is -0.396 e. The lowest BCUT2D eigenvalue weighted by Gasteiger charge is -2.21. The van der Waals surface area contributed by atoms with Gasteiger partial charge in [-0.1, -0.05) is 0 Å². The molecule has 0 spiro atoms. The number of carbonyl (C=O) groups excluding carboxylic acids is 1. The van der Waals surface area contributed by atoms with Crippen molar-refractivity contribution in [2.75, 3.05) is 37.7 Å². The molecule has 110 valence electrons. The molecule has 1 aromatic rings. The van der Waals surface area contributed by atoms with E-state index in [1.54, 1.807) is 11.1 Å². The molecule has 1 aliphatic heterocycles. The highest BCUT2D eigenvalue weighted by Gasteiger charge is 2.23. The number of carbonyl (C=O) groups is 1. The van der Waals surface area contributed by atoms with E-state index in [2.05, 4.69) is 9.88 Å². The summed E-state index contributed by atoms with van der Waals surface area (Å²) < 4.78 is 0. The molecule has 1 unspecified atom stereocenters. The molecule has 2 rings (SSSR count). The van der Waals surface area contributed by atoms with Gasteiger partial charge in [0.15, 0.2) is 0 Å². The second-order valence-electron chi connectivity index (χ2n) is 5.16. The van der Waals surface area contributed by atoms with Crippen LogP contribution < -0.4 is 4.90 Å². The topological polar surface area (TPSA) is 56.7 Å². The fourth-order valence-corrected chi connectivity index (χ4v) is 2.62. The molecule has 1 saturated heterocycles.